The maximum absolute atomic E-state index is 12.9. The number of hydrazine groups is 1. The first-order chi connectivity index (χ1) is 11.9. The first-order valence-electron chi connectivity index (χ1n) is 7.87. The number of benzene rings is 2. The van der Waals surface area contributed by atoms with Gasteiger partial charge in [-0.1, -0.05) is 25.5 Å². The molecule has 0 spiro atoms. The molecule has 0 radical (unpaired) electrons. The molecular weight excluding hydrogens is 333 g/mol. The minimum atomic E-state index is -4.51. The van der Waals surface area contributed by atoms with E-state index in [4.69, 9.17) is 4.74 Å². The normalized spacial score (nSPS) is 11.0. The zero-order chi connectivity index (χ0) is 18.3. The van der Waals surface area contributed by atoms with Crippen molar-refractivity contribution in [3.63, 3.8) is 0 Å². The van der Waals surface area contributed by atoms with E-state index in [0.29, 0.717) is 17.9 Å². The summed E-state index contributed by atoms with van der Waals surface area (Å²) in [6, 6.07) is 11.3. The highest BCUT2D eigenvalue weighted by Gasteiger charge is 2.33. The van der Waals surface area contributed by atoms with Crippen LogP contribution in [0.3, 0.4) is 0 Å². The van der Waals surface area contributed by atoms with Crippen LogP contribution in [-0.4, -0.2) is 12.5 Å². The van der Waals surface area contributed by atoms with Gasteiger partial charge in [0, 0.05) is 5.56 Å². The van der Waals surface area contributed by atoms with E-state index >= 15 is 0 Å². The largest absolute Gasteiger partial charge is 0.494 e. The molecule has 0 unspecified atom stereocenters. The smallest absolute Gasteiger partial charge is 0.418 e. The van der Waals surface area contributed by atoms with Gasteiger partial charge in [0.05, 0.1) is 17.9 Å². The molecule has 0 aliphatic rings. The van der Waals surface area contributed by atoms with Crippen LogP contribution >= 0.6 is 0 Å². The molecule has 2 aromatic carbocycles. The molecular formula is C18H19F3N2O2. The molecule has 0 fully saturated rings. The zero-order valence-corrected chi connectivity index (χ0v) is 13.7. The second-order valence-corrected chi connectivity index (χ2v) is 5.35. The van der Waals surface area contributed by atoms with Crippen molar-refractivity contribution in [2.45, 2.75) is 25.9 Å². The van der Waals surface area contributed by atoms with Gasteiger partial charge in [-0.05, 0) is 42.8 Å². The van der Waals surface area contributed by atoms with E-state index in [1.165, 1.54) is 18.2 Å². The Balaban J connectivity index is 1.97. The van der Waals surface area contributed by atoms with Gasteiger partial charge in [0.25, 0.3) is 5.91 Å². The molecule has 2 rings (SSSR count). The third-order valence-corrected chi connectivity index (χ3v) is 3.43. The Hall–Kier alpha value is -2.70. The van der Waals surface area contributed by atoms with Crippen LogP contribution in [0.4, 0.5) is 18.9 Å². The lowest BCUT2D eigenvalue weighted by molar-refractivity contribution is -0.137. The van der Waals surface area contributed by atoms with Gasteiger partial charge in [0.15, 0.2) is 0 Å². The molecule has 0 aromatic heterocycles. The van der Waals surface area contributed by atoms with Crippen LogP contribution in [0.2, 0.25) is 0 Å². The van der Waals surface area contributed by atoms with Crippen LogP contribution in [0.5, 0.6) is 5.75 Å². The Morgan fingerprint density at radius 3 is 2.40 bits per heavy atom. The molecule has 0 saturated carbocycles. The van der Waals surface area contributed by atoms with Gasteiger partial charge in [0.2, 0.25) is 0 Å². The number of ether oxygens (including phenoxy) is 1. The molecule has 1 amide bonds. The van der Waals surface area contributed by atoms with Crippen LogP contribution in [0.25, 0.3) is 0 Å². The monoisotopic (exact) mass is 352 g/mol. The molecule has 0 aliphatic carbocycles. The molecule has 4 nitrogen and oxygen atoms in total. The van der Waals surface area contributed by atoms with Crippen molar-refractivity contribution in [2.24, 2.45) is 0 Å². The highest BCUT2D eigenvalue weighted by molar-refractivity contribution is 5.95. The maximum Gasteiger partial charge on any atom is 0.418 e. The van der Waals surface area contributed by atoms with Crippen LogP contribution in [0.1, 0.15) is 35.7 Å². The van der Waals surface area contributed by atoms with Gasteiger partial charge < -0.3 is 4.74 Å². The summed E-state index contributed by atoms with van der Waals surface area (Å²) in [7, 11) is 0. The van der Waals surface area contributed by atoms with E-state index in [2.05, 4.69) is 17.8 Å². The number of hydrogen-bond donors (Lipinski definition) is 2. The average Bonchev–Trinajstić information content (AvgIpc) is 2.60. The summed E-state index contributed by atoms with van der Waals surface area (Å²) in [6.07, 6.45) is -2.55. The van der Waals surface area contributed by atoms with E-state index in [1.54, 1.807) is 24.3 Å². The van der Waals surface area contributed by atoms with Crippen LogP contribution < -0.4 is 15.6 Å². The summed E-state index contributed by atoms with van der Waals surface area (Å²) in [4.78, 5) is 12.1. The van der Waals surface area contributed by atoms with Crippen molar-refractivity contribution in [1.29, 1.82) is 0 Å². The molecule has 134 valence electrons. The Bertz CT molecular complexity index is 700. The van der Waals surface area contributed by atoms with Crippen molar-refractivity contribution in [2.75, 3.05) is 12.0 Å². The third kappa shape index (κ3) is 5.41. The predicted molar refractivity (Wildman–Crippen MR) is 89.4 cm³/mol. The third-order valence-electron chi connectivity index (χ3n) is 3.43. The Morgan fingerprint density at radius 2 is 1.76 bits per heavy atom. The summed E-state index contributed by atoms with van der Waals surface area (Å²) < 4.78 is 44.2. The molecule has 0 saturated heterocycles. The molecule has 0 bridgehead atoms. The molecule has 0 atom stereocenters. The van der Waals surface area contributed by atoms with Crippen molar-refractivity contribution in [1.82, 2.24) is 5.43 Å². The number of amides is 1. The number of halogens is 3. The van der Waals surface area contributed by atoms with Crippen LogP contribution in [0, 0.1) is 0 Å². The number of nitrogens with one attached hydrogen (secondary N) is 2. The summed E-state index contributed by atoms with van der Waals surface area (Å²) in [5, 5.41) is 0. The molecule has 2 aromatic rings. The van der Waals surface area contributed by atoms with Crippen LogP contribution in [0.15, 0.2) is 48.5 Å². The van der Waals surface area contributed by atoms with Crippen molar-refractivity contribution in [3.05, 3.63) is 59.7 Å². The van der Waals surface area contributed by atoms with Gasteiger partial charge in [-0.2, -0.15) is 13.2 Å². The number of para-hydroxylation sites is 1. The fourth-order valence-electron chi connectivity index (χ4n) is 2.07. The molecule has 0 heterocycles. The van der Waals surface area contributed by atoms with Crippen molar-refractivity contribution in [3.8, 4) is 5.75 Å². The van der Waals surface area contributed by atoms with Crippen molar-refractivity contribution < 1.29 is 22.7 Å². The van der Waals surface area contributed by atoms with Crippen LogP contribution in [-0.2, 0) is 6.18 Å². The lowest BCUT2D eigenvalue weighted by Crippen LogP contribution is -2.30. The number of carbonyl (C=O) groups excluding carboxylic acids is 1. The van der Waals surface area contributed by atoms with Gasteiger partial charge in [-0.25, -0.2) is 0 Å². The molecule has 2 N–H and O–H groups in total. The number of anilines is 1. The van der Waals surface area contributed by atoms with Crippen molar-refractivity contribution >= 4 is 11.6 Å². The first-order valence-corrected chi connectivity index (χ1v) is 7.87. The Kier molecular flexibility index (Phi) is 6.27. The number of unbranched alkanes of at least 4 members (excludes halogenated alkanes) is 1. The number of alkyl halides is 3. The zero-order valence-electron chi connectivity index (χ0n) is 13.7. The highest BCUT2D eigenvalue weighted by Crippen LogP contribution is 2.34. The standard InChI is InChI=1S/C18H19F3N2O2/c1-2-3-12-25-14-10-8-13(9-11-14)17(24)23-22-16-7-5-4-6-15(16)18(19,20)21/h4-11,22H,2-3,12H2,1H3,(H,23,24). The summed E-state index contributed by atoms with van der Waals surface area (Å²) in [6.45, 7) is 2.65. The average molecular weight is 352 g/mol. The van der Waals surface area contributed by atoms with E-state index in [1.807, 2.05) is 0 Å². The van der Waals surface area contributed by atoms with Gasteiger partial charge in [-0.3, -0.25) is 15.6 Å². The topological polar surface area (TPSA) is 50.4 Å². The number of hydrogen-bond acceptors (Lipinski definition) is 3. The fourth-order valence-corrected chi connectivity index (χ4v) is 2.07. The van der Waals surface area contributed by atoms with Gasteiger partial charge >= 0.3 is 6.18 Å². The van der Waals surface area contributed by atoms with E-state index in [0.717, 1.165) is 18.9 Å². The highest BCUT2D eigenvalue weighted by atomic mass is 19.4. The SMILES string of the molecule is CCCCOc1ccc(C(=O)NNc2ccccc2C(F)(F)F)cc1. The fraction of sp³-hybridized carbons (Fsp3) is 0.278. The lowest BCUT2D eigenvalue weighted by Gasteiger charge is -2.15. The maximum atomic E-state index is 12.9. The first kappa shape index (κ1) is 18.6. The molecule has 0 aliphatic heterocycles. The number of carbonyl (C=O) groups is 1. The lowest BCUT2D eigenvalue weighted by atomic mass is 10.2. The van der Waals surface area contributed by atoms with E-state index in [9.17, 15) is 18.0 Å². The predicted octanol–water partition coefficient (Wildman–Crippen LogP) is 4.64. The summed E-state index contributed by atoms with van der Waals surface area (Å²) in [5.74, 6) is 0.0949. The summed E-state index contributed by atoms with van der Waals surface area (Å²) >= 11 is 0. The Labute approximate surface area is 144 Å². The Morgan fingerprint density at radius 1 is 1.08 bits per heavy atom. The van der Waals surface area contributed by atoms with Gasteiger partial charge in [-0.15, -0.1) is 0 Å². The second-order valence-electron chi connectivity index (χ2n) is 5.35. The quantitative estimate of drug-likeness (QED) is 0.564. The molecule has 25 heavy (non-hydrogen) atoms. The van der Waals surface area contributed by atoms with E-state index < -0.39 is 17.6 Å². The van der Waals surface area contributed by atoms with Gasteiger partial charge in [0.1, 0.15) is 5.75 Å². The molecule has 7 heteroatoms. The minimum absolute atomic E-state index is 0.220. The van der Waals surface area contributed by atoms with E-state index in [-0.39, 0.29) is 5.69 Å². The summed E-state index contributed by atoms with van der Waals surface area (Å²) in [5.41, 5.74) is 3.83. The number of rotatable bonds is 7. The minimum Gasteiger partial charge on any atom is -0.494 e. The second kappa shape index (κ2) is 8.41.